The molecule has 0 heterocycles. The second-order valence-corrected chi connectivity index (χ2v) is 2.99. The van der Waals surface area contributed by atoms with E-state index in [4.69, 9.17) is 9.84 Å². The lowest BCUT2D eigenvalue weighted by Gasteiger charge is -2.09. The lowest BCUT2D eigenvalue weighted by atomic mass is 10.0. The number of benzene rings is 1. The first-order valence-corrected chi connectivity index (χ1v) is 4.16. The van der Waals surface area contributed by atoms with Crippen LogP contribution in [-0.2, 0) is 4.79 Å². The Labute approximate surface area is 81.8 Å². The molecule has 0 amide bonds. The van der Waals surface area contributed by atoms with Gasteiger partial charge in [-0.1, -0.05) is 6.07 Å². The van der Waals surface area contributed by atoms with Crippen LogP contribution >= 0.6 is 0 Å². The molecule has 0 fully saturated rings. The number of methoxy groups -OCH3 is 1. The first-order chi connectivity index (χ1) is 6.56. The van der Waals surface area contributed by atoms with Crippen LogP contribution in [0.15, 0.2) is 18.2 Å². The van der Waals surface area contributed by atoms with E-state index in [1.165, 1.54) is 13.2 Å². The number of carbonyl (C=O) groups is 1. The fourth-order valence-electron chi connectivity index (χ4n) is 1.12. The van der Waals surface area contributed by atoms with Crippen molar-refractivity contribution >= 4 is 5.97 Å². The van der Waals surface area contributed by atoms with Gasteiger partial charge >= 0.3 is 5.97 Å². The molecule has 14 heavy (non-hydrogen) atoms. The van der Waals surface area contributed by atoms with Crippen molar-refractivity contribution < 1.29 is 19.7 Å². The van der Waals surface area contributed by atoms with Crippen LogP contribution in [0.1, 0.15) is 18.4 Å². The molecule has 0 aliphatic heterocycles. The van der Waals surface area contributed by atoms with Crippen LogP contribution in [0.5, 0.6) is 11.5 Å². The van der Waals surface area contributed by atoms with Gasteiger partial charge in [0.25, 0.3) is 0 Å². The zero-order chi connectivity index (χ0) is 10.7. The van der Waals surface area contributed by atoms with Gasteiger partial charge in [0.1, 0.15) is 0 Å². The van der Waals surface area contributed by atoms with Gasteiger partial charge in [0.05, 0.1) is 13.0 Å². The molecular formula is C10H12O4. The van der Waals surface area contributed by atoms with Gasteiger partial charge in [-0.2, -0.15) is 0 Å². The minimum Gasteiger partial charge on any atom is -0.504 e. The minimum atomic E-state index is -0.922. The normalized spacial score (nSPS) is 12.1. The predicted octanol–water partition coefficient (Wildman–Crippen LogP) is 1.59. The molecule has 2 N–H and O–H groups in total. The molecule has 0 aliphatic carbocycles. The Bertz CT molecular complexity index is 346. The van der Waals surface area contributed by atoms with E-state index >= 15 is 0 Å². The van der Waals surface area contributed by atoms with E-state index in [2.05, 4.69) is 0 Å². The molecule has 0 aromatic heterocycles. The molecule has 0 spiro atoms. The van der Waals surface area contributed by atoms with Crippen molar-refractivity contribution in [2.75, 3.05) is 7.11 Å². The molecule has 1 unspecified atom stereocenters. The smallest absolute Gasteiger partial charge is 0.310 e. The molecule has 1 atom stereocenters. The molecule has 0 saturated carbocycles. The first-order valence-electron chi connectivity index (χ1n) is 4.16. The van der Waals surface area contributed by atoms with E-state index in [0.717, 1.165) is 0 Å². The quantitative estimate of drug-likeness (QED) is 0.770. The van der Waals surface area contributed by atoms with Gasteiger partial charge in [0.2, 0.25) is 0 Å². The van der Waals surface area contributed by atoms with E-state index < -0.39 is 11.9 Å². The number of phenolic OH excluding ortho intramolecular Hbond substituents is 1. The van der Waals surface area contributed by atoms with E-state index in [1.54, 1.807) is 19.1 Å². The SMILES string of the molecule is COc1ccc(C(C)C(=O)O)cc1O. The van der Waals surface area contributed by atoms with E-state index in [-0.39, 0.29) is 5.75 Å². The number of hydrogen-bond donors (Lipinski definition) is 2. The highest BCUT2D eigenvalue weighted by Crippen LogP contribution is 2.29. The largest absolute Gasteiger partial charge is 0.504 e. The fraction of sp³-hybridized carbons (Fsp3) is 0.300. The summed E-state index contributed by atoms with van der Waals surface area (Å²) in [5.41, 5.74) is 0.552. The van der Waals surface area contributed by atoms with Gasteiger partial charge in [-0.3, -0.25) is 4.79 Å². The zero-order valence-corrected chi connectivity index (χ0v) is 8.02. The Morgan fingerprint density at radius 2 is 2.14 bits per heavy atom. The highest BCUT2D eigenvalue weighted by atomic mass is 16.5. The number of aliphatic carboxylic acids is 1. The number of carboxylic acids is 1. The monoisotopic (exact) mass is 196 g/mol. The number of ether oxygens (including phenoxy) is 1. The Hall–Kier alpha value is -1.71. The Morgan fingerprint density at radius 1 is 1.50 bits per heavy atom. The van der Waals surface area contributed by atoms with Crippen molar-refractivity contribution in [1.29, 1.82) is 0 Å². The number of rotatable bonds is 3. The van der Waals surface area contributed by atoms with Gasteiger partial charge in [-0.25, -0.2) is 0 Å². The van der Waals surface area contributed by atoms with E-state index in [1.807, 2.05) is 0 Å². The topological polar surface area (TPSA) is 66.8 Å². The maximum atomic E-state index is 10.7. The zero-order valence-electron chi connectivity index (χ0n) is 8.02. The summed E-state index contributed by atoms with van der Waals surface area (Å²) < 4.78 is 4.84. The summed E-state index contributed by atoms with van der Waals surface area (Å²) in [6, 6.07) is 4.57. The Kier molecular flexibility index (Phi) is 2.96. The van der Waals surface area contributed by atoms with Gasteiger partial charge in [-0.05, 0) is 24.6 Å². The van der Waals surface area contributed by atoms with Crippen molar-refractivity contribution in [3.8, 4) is 11.5 Å². The standard InChI is InChI=1S/C10H12O4/c1-6(10(12)13)7-3-4-9(14-2)8(11)5-7/h3-6,11H,1-2H3,(H,12,13). The van der Waals surface area contributed by atoms with Crippen LogP contribution in [0.25, 0.3) is 0 Å². The summed E-state index contributed by atoms with van der Waals surface area (Å²) in [4.78, 5) is 10.7. The summed E-state index contributed by atoms with van der Waals surface area (Å²) in [7, 11) is 1.44. The van der Waals surface area contributed by atoms with Crippen molar-refractivity contribution in [3.63, 3.8) is 0 Å². The Balaban J connectivity index is 3.02. The van der Waals surface area contributed by atoms with Crippen LogP contribution in [-0.4, -0.2) is 23.3 Å². The highest BCUT2D eigenvalue weighted by molar-refractivity contribution is 5.75. The van der Waals surface area contributed by atoms with Gasteiger partial charge in [0.15, 0.2) is 11.5 Å². The summed E-state index contributed by atoms with van der Waals surface area (Å²) in [6.07, 6.45) is 0. The summed E-state index contributed by atoms with van der Waals surface area (Å²) in [5.74, 6) is -1.26. The third kappa shape index (κ3) is 1.96. The average Bonchev–Trinajstić information content (AvgIpc) is 2.16. The van der Waals surface area contributed by atoms with E-state index in [9.17, 15) is 9.90 Å². The Morgan fingerprint density at radius 3 is 2.57 bits per heavy atom. The van der Waals surface area contributed by atoms with Crippen LogP contribution in [0.4, 0.5) is 0 Å². The van der Waals surface area contributed by atoms with Crippen molar-refractivity contribution in [3.05, 3.63) is 23.8 Å². The molecule has 0 saturated heterocycles. The van der Waals surface area contributed by atoms with Gasteiger partial charge < -0.3 is 14.9 Å². The highest BCUT2D eigenvalue weighted by Gasteiger charge is 2.15. The van der Waals surface area contributed by atoms with Crippen LogP contribution in [0.3, 0.4) is 0 Å². The molecule has 1 rings (SSSR count). The molecular weight excluding hydrogens is 184 g/mol. The number of carboxylic acid groups (broad SMARTS) is 1. The van der Waals surface area contributed by atoms with Gasteiger partial charge in [0, 0.05) is 0 Å². The third-order valence-corrected chi connectivity index (χ3v) is 2.07. The second-order valence-electron chi connectivity index (χ2n) is 2.99. The molecule has 4 heteroatoms. The molecule has 0 radical (unpaired) electrons. The third-order valence-electron chi connectivity index (χ3n) is 2.07. The number of hydrogen-bond acceptors (Lipinski definition) is 3. The molecule has 1 aromatic rings. The van der Waals surface area contributed by atoms with Gasteiger partial charge in [-0.15, -0.1) is 0 Å². The second kappa shape index (κ2) is 4.00. The first kappa shape index (κ1) is 10.4. The lowest BCUT2D eigenvalue weighted by Crippen LogP contribution is -2.07. The molecule has 0 bridgehead atoms. The van der Waals surface area contributed by atoms with Crippen molar-refractivity contribution in [2.45, 2.75) is 12.8 Å². The maximum absolute atomic E-state index is 10.7. The van der Waals surface area contributed by atoms with Crippen LogP contribution in [0.2, 0.25) is 0 Å². The summed E-state index contributed by atoms with van der Waals surface area (Å²) in [5, 5.41) is 18.1. The van der Waals surface area contributed by atoms with Crippen molar-refractivity contribution in [1.82, 2.24) is 0 Å². The lowest BCUT2D eigenvalue weighted by molar-refractivity contribution is -0.138. The number of aromatic hydroxyl groups is 1. The summed E-state index contributed by atoms with van der Waals surface area (Å²) in [6.45, 7) is 1.56. The fourth-order valence-corrected chi connectivity index (χ4v) is 1.12. The van der Waals surface area contributed by atoms with Crippen molar-refractivity contribution in [2.24, 2.45) is 0 Å². The van der Waals surface area contributed by atoms with Crippen LogP contribution < -0.4 is 4.74 Å². The maximum Gasteiger partial charge on any atom is 0.310 e. The van der Waals surface area contributed by atoms with Crippen LogP contribution in [0, 0.1) is 0 Å². The molecule has 0 aliphatic rings. The summed E-state index contributed by atoms with van der Waals surface area (Å²) >= 11 is 0. The predicted molar refractivity (Wildman–Crippen MR) is 50.7 cm³/mol. The number of phenols is 1. The molecule has 4 nitrogen and oxygen atoms in total. The molecule has 1 aromatic carbocycles. The minimum absolute atomic E-state index is 0.0434. The average molecular weight is 196 g/mol. The molecule has 76 valence electrons. The van der Waals surface area contributed by atoms with E-state index in [0.29, 0.717) is 11.3 Å².